The number of carbonyl (C=O) groups excluding carboxylic acids is 1. The lowest BCUT2D eigenvalue weighted by atomic mass is 10.0. The minimum atomic E-state index is -5.00. The number of H-pyrrole nitrogens is 1. The average molecular weight is 568 g/mol. The van der Waals surface area contributed by atoms with Gasteiger partial charge in [-0.05, 0) is 37.1 Å². The van der Waals surface area contributed by atoms with Crippen LogP contribution in [-0.4, -0.2) is 39.3 Å². The van der Waals surface area contributed by atoms with E-state index in [2.05, 4.69) is 31.0 Å². The normalized spacial score (nSPS) is 12.1. The molecule has 15 heteroatoms. The summed E-state index contributed by atoms with van der Waals surface area (Å²) in [5, 5.41) is 16.9. The lowest BCUT2D eigenvalue weighted by Gasteiger charge is -2.12. The van der Waals surface area contributed by atoms with Gasteiger partial charge in [-0.15, -0.1) is 0 Å². The molecule has 0 radical (unpaired) electrons. The first-order valence-corrected chi connectivity index (χ1v) is 12.0. The highest BCUT2D eigenvalue weighted by Gasteiger charge is 2.37. The molecule has 4 aromatic rings. The van der Waals surface area contributed by atoms with Crippen LogP contribution in [-0.2, 0) is 23.6 Å². The molecule has 0 spiro atoms. The summed E-state index contributed by atoms with van der Waals surface area (Å²) in [7, 11) is 0. The molecule has 2 aromatic carbocycles. The zero-order chi connectivity index (χ0) is 28.9. The van der Waals surface area contributed by atoms with Crippen LogP contribution < -0.4 is 16.2 Å². The molecule has 0 bridgehead atoms. The van der Waals surface area contributed by atoms with Crippen LogP contribution in [0.15, 0.2) is 51.8 Å². The van der Waals surface area contributed by atoms with Gasteiger partial charge in [0.1, 0.15) is 0 Å². The Balaban J connectivity index is 1.23. The van der Waals surface area contributed by atoms with E-state index in [0.29, 0.717) is 48.2 Å². The number of halogens is 6. The highest BCUT2D eigenvalue weighted by Crippen LogP contribution is 2.38. The molecule has 0 atom stereocenters. The van der Waals surface area contributed by atoms with Gasteiger partial charge < -0.3 is 15.2 Å². The lowest BCUT2D eigenvalue weighted by Crippen LogP contribution is -2.25. The predicted molar refractivity (Wildman–Crippen MR) is 131 cm³/mol. The molecule has 40 heavy (non-hydrogen) atoms. The number of aryl methyl sites for hydroxylation is 1. The number of hydrogen-bond acceptors (Lipinski definition) is 7. The van der Waals surface area contributed by atoms with Crippen LogP contribution in [0.5, 0.6) is 0 Å². The molecule has 0 saturated heterocycles. The maximum Gasteiger partial charge on any atom is 0.416 e. The van der Waals surface area contributed by atoms with Crippen LogP contribution in [0.2, 0.25) is 0 Å². The monoisotopic (exact) mass is 568 g/mol. The van der Waals surface area contributed by atoms with E-state index in [4.69, 9.17) is 4.52 Å². The van der Waals surface area contributed by atoms with E-state index in [9.17, 15) is 35.9 Å². The number of aromatic nitrogens is 4. The van der Waals surface area contributed by atoms with Gasteiger partial charge in [-0.1, -0.05) is 23.4 Å². The molecular weight excluding hydrogens is 546 g/mol. The number of aromatic amines is 1. The van der Waals surface area contributed by atoms with E-state index in [1.807, 2.05) is 0 Å². The van der Waals surface area contributed by atoms with E-state index < -0.39 is 34.9 Å². The first-order valence-electron chi connectivity index (χ1n) is 12.0. The number of nitrogens with one attached hydrogen (secondary N) is 3. The van der Waals surface area contributed by atoms with Crippen LogP contribution in [0, 0.1) is 0 Å². The van der Waals surface area contributed by atoms with Crippen LogP contribution >= 0.6 is 0 Å². The number of rotatable bonds is 10. The third kappa shape index (κ3) is 7.15. The maximum absolute atomic E-state index is 13.1. The number of alkyl halides is 6. The first kappa shape index (κ1) is 28.6. The first-order chi connectivity index (χ1) is 18.9. The summed E-state index contributed by atoms with van der Waals surface area (Å²) < 4.78 is 83.5. The molecule has 0 aliphatic heterocycles. The molecule has 2 aromatic heterocycles. The van der Waals surface area contributed by atoms with Crippen LogP contribution in [0.4, 0.5) is 32.2 Å². The Bertz CT molecular complexity index is 1510. The molecule has 3 N–H and O–H groups in total. The van der Waals surface area contributed by atoms with Crippen LogP contribution in [0.1, 0.15) is 36.3 Å². The summed E-state index contributed by atoms with van der Waals surface area (Å²) in [6.45, 7) is 0.828. The molecule has 0 saturated carbocycles. The minimum Gasteiger partial charge on any atom is -0.368 e. The smallest absolute Gasteiger partial charge is 0.368 e. The molecule has 0 aliphatic carbocycles. The topological polar surface area (TPSA) is 126 Å². The fourth-order valence-electron chi connectivity index (χ4n) is 3.82. The summed E-state index contributed by atoms with van der Waals surface area (Å²) >= 11 is 0. The predicted octanol–water partition coefficient (Wildman–Crippen LogP) is 4.95. The van der Waals surface area contributed by atoms with Crippen molar-refractivity contribution in [3.63, 3.8) is 0 Å². The van der Waals surface area contributed by atoms with Crippen LogP contribution in [0.3, 0.4) is 0 Å². The molecule has 0 aliphatic rings. The Morgan fingerprint density at radius 2 is 1.60 bits per heavy atom. The molecule has 1 amide bonds. The second-order valence-corrected chi connectivity index (χ2v) is 8.74. The molecule has 9 nitrogen and oxygen atoms in total. The lowest BCUT2D eigenvalue weighted by molar-refractivity contribution is -0.143. The zero-order valence-corrected chi connectivity index (χ0v) is 20.6. The van der Waals surface area contributed by atoms with Crippen molar-refractivity contribution in [2.45, 2.75) is 38.0 Å². The van der Waals surface area contributed by atoms with Gasteiger partial charge in [0.05, 0.1) is 16.5 Å². The highest BCUT2D eigenvalue weighted by atomic mass is 19.4. The van der Waals surface area contributed by atoms with Gasteiger partial charge in [0.2, 0.25) is 17.6 Å². The Hall–Kier alpha value is -4.43. The molecule has 2 heterocycles. The van der Waals surface area contributed by atoms with Crippen molar-refractivity contribution in [3.05, 3.63) is 69.8 Å². The Morgan fingerprint density at radius 1 is 0.925 bits per heavy atom. The van der Waals surface area contributed by atoms with E-state index in [0.717, 1.165) is 0 Å². The second kappa shape index (κ2) is 11.8. The van der Waals surface area contributed by atoms with Crippen molar-refractivity contribution in [3.8, 4) is 11.4 Å². The van der Waals surface area contributed by atoms with E-state index in [1.54, 1.807) is 24.3 Å². The van der Waals surface area contributed by atoms with Gasteiger partial charge in [-0.3, -0.25) is 9.59 Å². The van der Waals surface area contributed by atoms with E-state index >= 15 is 0 Å². The number of benzene rings is 2. The quantitative estimate of drug-likeness (QED) is 0.183. The SMILES string of the molecule is O=C(CCCc1nc(-c2cc(C(F)(F)F)cc(C(F)(F)F)c2)no1)NCCCNc1n[nH]c(=O)c2ccccc12. The standard InChI is InChI=1S/C25H22F6N6O3/c26-24(27,28)15-11-14(12-16(13-15)25(29,30)31)21-34-20(40-37-21)8-3-7-19(38)32-9-4-10-33-22-17-5-1-2-6-18(17)23(39)36-35-22/h1-2,5-6,11-13H,3-4,7-10H2,(H,32,38)(H,33,35)(H,36,39). The van der Waals surface area contributed by atoms with Crippen LogP contribution in [0.25, 0.3) is 22.2 Å². The summed E-state index contributed by atoms with van der Waals surface area (Å²) in [5.74, 6) is -0.202. The van der Waals surface area contributed by atoms with Gasteiger partial charge in [-0.2, -0.15) is 36.4 Å². The molecule has 4 rings (SSSR count). The van der Waals surface area contributed by atoms with Gasteiger partial charge in [0, 0.05) is 36.9 Å². The van der Waals surface area contributed by atoms with Crippen molar-refractivity contribution in [1.82, 2.24) is 25.7 Å². The second-order valence-electron chi connectivity index (χ2n) is 8.74. The van der Waals surface area contributed by atoms with Crippen molar-refractivity contribution >= 4 is 22.5 Å². The third-order valence-electron chi connectivity index (χ3n) is 5.77. The Morgan fingerprint density at radius 3 is 2.27 bits per heavy atom. The largest absolute Gasteiger partial charge is 0.416 e. The van der Waals surface area contributed by atoms with Crippen molar-refractivity contribution in [2.24, 2.45) is 0 Å². The van der Waals surface area contributed by atoms with Gasteiger partial charge >= 0.3 is 12.4 Å². The summed E-state index contributed by atoms with van der Waals surface area (Å²) in [6, 6.07) is 8.04. The average Bonchev–Trinajstić information content (AvgIpc) is 3.37. The number of hydrogen-bond donors (Lipinski definition) is 3. The van der Waals surface area contributed by atoms with Crippen molar-refractivity contribution in [1.29, 1.82) is 0 Å². The summed E-state index contributed by atoms with van der Waals surface area (Å²) in [5.41, 5.74) is -3.76. The number of nitrogens with zero attached hydrogens (tertiary/aromatic N) is 3. The van der Waals surface area contributed by atoms with Gasteiger partial charge in [0.15, 0.2) is 5.82 Å². The summed E-state index contributed by atoms with van der Waals surface area (Å²) in [6.07, 6.45) is -9.00. The molecular formula is C25H22F6N6O3. The van der Waals surface area contributed by atoms with Gasteiger partial charge in [-0.25, -0.2) is 5.10 Å². The number of anilines is 1. The molecule has 0 fully saturated rings. The molecule has 0 unspecified atom stereocenters. The fourth-order valence-corrected chi connectivity index (χ4v) is 3.82. The van der Waals surface area contributed by atoms with Crippen molar-refractivity contribution in [2.75, 3.05) is 18.4 Å². The van der Waals surface area contributed by atoms with Gasteiger partial charge in [0.25, 0.3) is 5.56 Å². The van der Waals surface area contributed by atoms with E-state index in [1.165, 1.54) is 0 Å². The van der Waals surface area contributed by atoms with Crippen molar-refractivity contribution < 1.29 is 35.7 Å². The Kier molecular flexibility index (Phi) is 8.40. The summed E-state index contributed by atoms with van der Waals surface area (Å²) in [4.78, 5) is 27.8. The van der Waals surface area contributed by atoms with E-state index in [-0.39, 0.29) is 42.7 Å². The zero-order valence-electron chi connectivity index (χ0n) is 20.6. The minimum absolute atomic E-state index is 0.0156. The maximum atomic E-state index is 13.1. The number of carbonyl (C=O) groups is 1. The molecule has 212 valence electrons. The number of fused-ring (bicyclic) bond motifs is 1. The number of amides is 1. The Labute approximate surface area is 222 Å². The highest BCUT2D eigenvalue weighted by molar-refractivity contribution is 5.90. The fraction of sp³-hybridized carbons (Fsp3) is 0.320. The third-order valence-corrected chi connectivity index (χ3v) is 5.77.